The molecule has 0 bridgehead atoms. The highest BCUT2D eigenvalue weighted by Gasteiger charge is 2.15. The number of carboxylic acid groups (broad SMARTS) is 1. The summed E-state index contributed by atoms with van der Waals surface area (Å²) in [6, 6.07) is 6.23. The zero-order valence-electron chi connectivity index (χ0n) is 9.77. The Morgan fingerprint density at radius 2 is 2.06 bits per heavy atom. The highest BCUT2D eigenvalue weighted by molar-refractivity contribution is 5.84. The molecule has 1 rings (SSSR count). The molecule has 1 aromatic carbocycles. The number of amides is 1. The third kappa shape index (κ3) is 3.79. The van der Waals surface area contributed by atoms with Gasteiger partial charge in [-0.25, -0.2) is 0 Å². The fourth-order valence-electron chi connectivity index (χ4n) is 1.38. The van der Waals surface area contributed by atoms with Gasteiger partial charge in [-0.05, 0) is 13.0 Å². The van der Waals surface area contributed by atoms with Crippen molar-refractivity contribution >= 4 is 11.9 Å². The summed E-state index contributed by atoms with van der Waals surface area (Å²) in [5.41, 5.74) is 0.727. The normalized spacial score (nSPS) is 11.6. The molecule has 0 aliphatic rings. The monoisotopic (exact) mass is 237 g/mol. The van der Waals surface area contributed by atoms with E-state index < -0.39 is 12.0 Å². The van der Waals surface area contributed by atoms with Gasteiger partial charge in [0.2, 0.25) is 5.91 Å². The molecule has 2 N–H and O–H groups in total. The van der Waals surface area contributed by atoms with Gasteiger partial charge >= 0.3 is 5.97 Å². The van der Waals surface area contributed by atoms with Gasteiger partial charge in [0.1, 0.15) is 11.8 Å². The second-order valence-electron chi connectivity index (χ2n) is 3.62. The summed E-state index contributed by atoms with van der Waals surface area (Å²) in [4.78, 5) is 22.1. The molecule has 0 fully saturated rings. The van der Waals surface area contributed by atoms with Crippen LogP contribution in [0.5, 0.6) is 5.75 Å². The summed E-state index contributed by atoms with van der Waals surface area (Å²) < 4.78 is 5.10. The quantitative estimate of drug-likeness (QED) is 0.795. The standard InChI is InChI=1S/C12H15NO4/c1-8(12(15)16)13-11(14)7-9-5-3-4-6-10(9)17-2/h3-6,8H,7H2,1-2H3,(H,13,14)(H,15,16)/t8-/m1/s1. The highest BCUT2D eigenvalue weighted by Crippen LogP contribution is 2.17. The van der Waals surface area contributed by atoms with Crippen molar-refractivity contribution in [2.24, 2.45) is 0 Å². The number of carbonyl (C=O) groups is 2. The number of nitrogens with one attached hydrogen (secondary N) is 1. The minimum absolute atomic E-state index is 0.0988. The predicted molar refractivity (Wildman–Crippen MR) is 61.9 cm³/mol. The summed E-state index contributed by atoms with van der Waals surface area (Å²) in [5, 5.41) is 11.0. The Bertz CT molecular complexity index is 417. The van der Waals surface area contributed by atoms with Crippen molar-refractivity contribution in [2.45, 2.75) is 19.4 Å². The maximum atomic E-state index is 11.6. The zero-order chi connectivity index (χ0) is 12.8. The van der Waals surface area contributed by atoms with Crippen LogP contribution in [0.4, 0.5) is 0 Å². The van der Waals surface area contributed by atoms with Crippen LogP contribution in [0.25, 0.3) is 0 Å². The molecular formula is C12H15NO4. The Hall–Kier alpha value is -2.04. The number of carbonyl (C=O) groups excluding carboxylic acids is 1. The highest BCUT2D eigenvalue weighted by atomic mass is 16.5. The Morgan fingerprint density at radius 1 is 1.41 bits per heavy atom. The van der Waals surface area contributed by atoms with E-state index in [9.17, 15) is 9.59 Å². The molecule has 0 saturated carbocycles. The third-order valence-corrected chi connectivity index (χ3v) is 2.29. The van der Waals surface area contributed by atoms with E-state index in [2.05, 4.69) is 5.32 Å². The minimum Gasteiger partial charge on any atom is -0.496 e. The van der Waals surface area contributed by atoms with Crippen LogP contribution in [0.15, 0.2) is 24.3 Å². The van der Waals surface area contributed by atoms with Crippen LogP contribution < -0.4 is 10.1 Å². The van der Waals surface area contributed by atoms with Crippen molar-refractivity contribution in [1.82, 2.24) is 5.32 Å². The summed E-state index contributed by atoms with van der Waals surface area (Å²) in [7, 11) is 1.52. The molecule has 17 heavy (non-hydrogen) atoms. The Balaban J connectivity index is 2.65. The van der Waals surface area contributed by atoms with Crippen molar-refractivity contribution in [3.05, 3.63) is 29.8 Å². The van der Waals surface area contributed by atoms with Gasteiger partial charge in [-0.1, -0.05) is 18.2 Å². The first-order chi connectivity index (χ1) is 8.04. The van der Waals surface area contributed by atoms with Crippen molar-refractivity contribution in [2.75, 3.05) is 7.11 Å². The largest absolute Gasteiger partial charge is 0.496 e. The number of para-hydroxylation sites is 1. The average molecular weight is 237 g/mol. The Morgan fingerprint density at radius 3 is 2.65 bits per heavy atom. The fourth-order valence-corrected chi connectivity index (χ4v) is 1.38. The summed E-state index contributed by atoms with van der Waals surface area (Å²) in [6.45, 7) is 1.42. The molecule has 92 valence electrons. The van der Waals surface area contributed by atoms with Gasteiger partial charge in [-0.3, -0.25) is 9.59 Å². The van der Waals surface area contributed by atoms with Crippen LogP contribution in [0, 0.1) is 0 Å². The summed E-state index contributed by atoms with van der Waals surface area (Å²) in [5.74, 6) is -0.784. The van der Waals surface area contributed by atoms with Gasteiger partial charge in [0.15, 0.2) is 0 Å². The lowest BCUT2D eigenvalue weighted by atomic mass is 10.1. The number of methoxy groups -OCH3 is 1. The average Bonchev–Trinajstić information content (AvgIpc) is 2.29. The Kier molecular flexibility index (Phi) is 4.51. The number of hydrogen-bond donors (Lipinski definition) is 2. The predicted octanol–water partition coefficient (Wildman–Crippen LogP) is 0.827. The van der Waals surface area contributed by atoms with Crippen molar-refractivity contribution in [3.8, 4) is 5.75 Å². The molecule has 0 aliphatic carbocycles. The van der Waals surface area contributed by atoms with Gasteiger partial charge in [0, 0.05) is 5.56 Å². The molecule has 5 heteroatoms. The molecule has 0 spiro atoms. The Labute approximate surface area is 99.4 Å². The van der Waals surface area contributed by atoms with E-state index in [1.165, 1.54) is 14.0 Å². The van der Waals surface area contributed by atoms with Crippen LogP contribution in [0.3, 0.4) is 0 Å². The molecule has 1 atom stereocenters. The molecule has 1 amide bonds. The van der Waals surface area contributed by atoms with E-state index in [1.807, 2.05) is 0 Å². The molecule has 0 unspecified atom stereocenters. The van der Waals surface area contributed by atoms with E-state index in [0.29, 0.717) is 5.75 Å². The number of carboxylic acids is 1. The first kappa shape index (κ1) is 13.0. The van der Waals surface area contributed by atoms with Gasteiger partial charge in [-0.15, -0.1) is 0 Å². The van der Waals surface area contributed by atoms with Gasteiger partial charge in [0.25, 0.3) is 0 Å². The lowest BCUT2D eigenvalue weighted by molar-refractivity contribution is -0.141. The van der Waals surface area contributed by atoms with Crippen LogP contribution in [-0.2, 0) is 16.0 Å². The van der Waals surface area contributed by atoms with Crippen LogP contribution >= 0.6 is 0 Å². The van der Waals surface area contributed by atoms with Crippen molar-refractivity contribution in [1.29, 1.82) is 0 Å². The van der Waals surface area contributed by atoms with Crippen LogP contribution in [0.2, 0.25) is 0 Å². The van der Waals surface area contributed by atoms with E-state index in [4.69, 9.17) is 9.84 Å². The maximum absolute atomic E-state index is 11.6. The van der Waals surface area contributed by atoms with E-state index >= 15 is 0 Å². The molecule has 0 aliphatic heterocycles. The topological polar surface area (TPSA) is 75.6 Å². The van der Waals surface area contributed by atoms with E-state index in [0.717, 1.165) is 5.56 Å². The molecule has 0 heterocycles. The minimum atomic E-state index is -1.06. The molecule has 0 radical (unpaired) electrons. The zero-order valence-corrected chi connectivity index (χ0v) is 9.77. The number of benzene rings is 1. The molecule has 0 saturated heterocycles. The van der Waals surface area contributed by atoms with E-state index in [1.54, 1.807) is 24.3 Å². The fraction of sp³-hybridized carbons (Fsp3) is 0.333. The van der Waals surface area contributed by atoms with Crippen LogP contribution in [-0.4, -0.2) is 30.1 Å². The second-order valence-corrected chi connectivity index (χ2v) is 3.62. The lowest BCUT2D eigenvalue weighted by Crippen LogP contribution is -2.39. The molecule has 5 nitrogen and oxygen atoms in total. The summed E-state index contributed by atoms with van der Waals surface area (Å²) >= 11 is 0. The van der Waals surface area contributed by atoms with Gasteiger partial charge < -0.3 is 15.2 Å². The van der Waals surface area contributed by atoms with E-state index in [-0.39, 0.29) is 12.3 Å². The maximum Gasteiger partial charge on any atom is 0.325 e. The van der Waals surface area contributed by atoms with Gasteiger partial charge in [-0.2, -0.15) is 0 Å². The van der Waals surface area contributed by atoms with Crippen molar-refractivity contribution in [3.63, 3.8) is 0 Å². The number of ether oxygens (including phenoxy) is 1. The number of hydrogen-bond acceptors (Lipinski definition) is 3. The number of aliphatic carboxylic acids is 1. The van der Waals surface area contributed by atoms with Gasteiger partial charge in [0.05, 0.1) is 13.5 Å². The first-order valence-electron chi connectivity index (χ1n) is 5.18. The summed E-state index contributed by atoms with van der Waals surface area (Å²) in [6.07, 6.45) is 0.0988. The SMILES string of the molecule is COc1ccccc1CC(=O)N[C@H](C)C(=O)O. The lowest BCUT2D eigenvalue weighted by Gasteiger charge is -2.11. The first-order valence-corrected chi connectivity index (χ1v) is 5.18. The molecule has 0 aromatic heterocycles. The molecular weight excluding hydrogens is 222 g/mol. The van der Waals surface area contributed by atoms with Crippen LogP contribution in [0.1, 0.15) is 12.5 Å². The second kappa shape index (κ2) is 5.89. The smallest absolute Gasteiger partial charge is 0.325 e. The molecule has 1 aromatic rings. The third-order valence-electron chi connectivity index (χ3n) is 2.29. The van der Waals surface area contributed by atoms with Crippen molar-refractivity contribution < 1.29 is 19.4 Å². The number of rotatable bonds is 5.